The van der Waals surface area contributed by atoms with Gasteiger partial charge in [-0.25, -0.2) is 9.78 Å². The minimum absolute atomic E-state index is 0.156. The molecule has 1 saturated carbocycles. The molecular formula is C11H16N2O2S. The standard InChI is InChI=1S/C11H16N2O2S/c1-7-3-2-4-8(5-7)13-10-9(11(14)15)12-6-16-10/h6-8,13H,2-5H2,1H3,(H,14,15). The van der Waals surface area contributed by atoms with Gasteiger partial charge in [0, 0.05) is 6.04 Å². The summed E-state index contributed by atoms with van der Waals surface area (Å²) in [4.78, 5) is 14.7. The summed E-state index contributed by atoms with van der Waals surface area (Å²) in [7, 11) is 0. The zero-order valence-corrected chi connectivity index (χ0v) is 10.1. The third-order valence-electron chi connectivity index (χ3n) is 3.04. The summed E-state index contributed by atoms with van der Waals surface area (Å²) in [6.07, 6.45) is 4.75. The zero-order chi connectivity index (χ0) is 11.5. The number of aromatic carboxylic acids is 1. The first-order valence-electron chi connectivity index (χ1n) is 5.60. The Morgan fingerprint density at radius 3 is 3.12 bits per heavy atom. The van der Waals surface area contributed by atoms with E-state index >= 15 is 0 Å². The maximum absolute atomic E-state index is 10.9. The van der Waals surface area contributed by atoms with E-state index in [0.29, 0.717) is 11.0 Å². The second-order valence-electron chi connectivity index (χ2n) is 4.45. The third kappa shape index (κ3) is 2.52. The zero-order valence-electron chi connectivity index (χ0n) is 9.27. The van der Waals surface area contributed by atoms with Gasteiger partial charge >= 0.3 is 5.97 Å². The van der Waals surface area contributed by atoms with Crippen molar-refractivity contribution in [2.75, 3.05) is 5.32 Å². The molecule has 0 saturated heterocycles. The average Bonchev–Trinajstić information content (AvgIpc) is 2.66. The molecule has 88 valence electrons. The summed E-state index contributed by atoms with van der Waals surface area (Å²) in [6, 6.07) is 0.405. The molecule has 1 aromatic heterocycles. The lowest BCUT2D eigenvalue weighted by Crippen LogP contribution is -2.26. The summed E-state index contributed by atoms with van der Waals surface area (Å²) in [6.45, 7) is 2.25. The molecular weight excluding hydrogens is 224 g/mol. The molecule has 2 rings (SSSR count). The number of carboxylic acid groups (broad SMARTS) is 1. The van der Waals surface area contributed by atoms with Crippen molar-refractivity contribution in [1.82, 2.24) is 4.98 Å². The van der Waals surface area contributed by atoms with Crippen LogP contribution in [0.3, 0.4) is 0 Å². The molecule has 2 unspecified atom stereocenters. The molecule has 1 fully saturated rings. The van der Waals surface area contributed by atoms with Crippen LogP contribution < -0.4 is 5.32 Å². The van der Waals surface area contributed by atoms with Crippen molar-refractivity contribution in [1.29, 1.82) is 0 Å². The molecule has 1 heterocycles. The van der Waals surface area contributed by atoms with Crippen LogP contribution in [0.4, 0.5) is 5.00 Å². The van der Waals surface area contributed by atoms with Gasteiger partial charge in [0.15, 0.2) is 5.69 Å². The molecule has 1 aliphatic rings. The van der Waals surface area contributed by atoms with E-state index in [1.54, 1.807) is 5.51 Å². The highest BCUT2D eigenvalue weighted by molar-refractivity contribution is 7.14. The van der Waals surface area contributed by atoms with Crippen molar-refractivity contribution >= 4 is 22.3 Å². The van der Waals surface area contributed by atoms with Crippen LogP contribution in [-0.2, 0) is 0 Å². The Hall–Kier alpha value is -1.10. The number of rotatable bonds is 3. The number of anilines is 1. The van der Waals surface area contributed by atoms with E-state index < -0.39 is 5.97 Å². The first kappa shape index (κ1) is 11.4. The molecule has 5 heteroatoms. The molecule has 2 atom stereocenters. The maximum Gasteiger partial charge on any atom is 0.357 e. The predicted molar refractivity (Wildman–Crippen MR) is 64.1 cm³/mol. The maximum atomic E-state index is 10.9. The smallest absolute Gasteiger partial charge is 0.357 e. The van der Waals surface area contributed by atoms with Gasteiger partial charge in [-0.05, 0) is 18.8 Å². The molecule has 16 heavy (non-hydrogen) atoms. The van der Waals surface area contributed by atoms with Gasteiger partial charge in [-0.3, -0.25) is 0 Å². The van der Waals surface area contributed by atoms with E-state index in [-0.39, 0.29) is 5.69 Å². The lowest BCUT2D eigenvalue weighted by molar-refractivity contribution is 0.0692. The second-order valence-corrected chi connectivity index (χ2v) is 5.30. The number of hydrogen-bond donors (Lipinski definition) is 2. The van der Waals surface area contributed by atoms with Crippen molar-refractivity contribution in [2.24, 2.45) is 5.92 Å². The van der Waals surface area contributed by atoms with E-state index in [1.807, 2.05) is 0 Å². The quantitative estimate of drug-likeness (QED) is 0.852. The van der Waals surface area contributed by atoms with Gasteiger partial charge in [-0.1, -0.05) is 19.8 Å². The van der Waals surface area contributed by atoms with Crippen molar-refractivity contribution in [2.45, 2.75) is 38.6 Å². The molecule has 0 aliphatic heterocycles. The van der Waals surface area contributed by atoms with Gasteiger partial charge in [-0.2, -0.15) is 0 Å². The number of thiazole rings is 1. The highest BCUT2D eigenvalue weighted by atomic mass is 32.1. The number of aromatic nitrogens is 1. The summed E-state index contributed by atoms with van der Waals surface area (Å²) in [5.74, 6) is -0.222. The largest absolute Gasteiger partial charge is 0.476 e. The fraction of sp³-hybridized carbons (Fsp3) is 0.636. The Morgan fingerprint density at radius 2 is 2.44 bits per heavy atom. The highest BCUT2D eigenvalue weighted by Gasteiger charge is 2.21. The molecule has 0 bridgehead atoms. The molecule has 0 amide bonds. The van der Waals surface area contributed by atoms with Crippen LogP contribution in [0.1, 0.15) is 43.1 Å². The molecule has 0 spiro atoms. The van der Waals surface area contributed by atoms with Crippen LogP contribution in [0.15, 0.2) is 5.51 Å². The van der Waals surface area contributed by atoms with Crippen LogP contribution in [0.5, 0.6) is 0 Å². The summed E-state index contributed by atoms with van der Waals surface area (Å²) in [5, 5.41) is 13.0. The minimum Gasteiger partial charge on any atom is -0.476 e. The molecule has 4 nitrogen and oxygen atoms in total. The number of carboxylic acids is 1. The SMILES string of the molecule is CC1CCCC(Nc2scnc2C(=O)O)C1. The lowest BCUT2D eigenvalue weighted by Gasteiger charge is -2.27. The van der Waals surface area contributed by atoms with Crippen molar-refractivity contribution in [3.8, 4) is 0 Å². The van der Waals surface area contributed by atoms with Gasteiger partial charge in [0.05, 0.1) is 5.51 Å². The van der Waals surface area contributed by atoms with E-state index in [9.17, 15) is 4.79 Å². The van der Waals surface area contributed by atoms with Crippen molar-refractivity contribution < 1.29 is 9.90 Å². The van der Waals surface area contributed by atoms with E-state index in [4.69, 9.17) is 5.11 Å². The first-order valence-corrected chi connectivity index (χ1v) is 6.48. The Labute approximate surface area is 98.7 Å². The van der Waals surface area contributed by atoms with Gasteiger partial charge < -0.3 is 10.4 Å². The minimum atomic E-state index is -0.951. The van der Waals surface area contributed by atoms with E-state index in [2.05, 4.69) is 17.2 Å². The molecule has 2 N–H and O–H groups in total. The fourth-order valence-electron chi connectivity index (χ4n) is 2.25. The fourth-order valence-corrected chi connectivity index (χ4v) is 3.00. The van der Waals surface area contributed by atoms with Gasteiger partial charge in [-0.15, -0.1) is 11.3 Å². The van der Waals surface area contributed by atoms with Crippen molar-refractivity contribution in [3.63, 3.8) is 0 Å². The summed E-state index contributed by atoms with van der Waals surface area (Å²) >= 11 is 1.37. The number of nitrogens with zero attached hydrogens (tertiary/aromatic N) is 1. The van der Waals surface area contributed by atoms with Crippen LogP contribution in [0.25, 0.3) is 0 Å². The molecule has 1 aliphatic carbocycles. The summed E-state index contributed by atoms with van der Waals surface area (Å²) in [5.41, 5.74) is 1.74. The predicted octanol–water partition coefficient (Wildman–Crippen LogP) is 2.83. The molecule has 1 aromatic rings. The number of carbonyl (C=O) groups is 1. The topological polar surface area (TPSA) is 62.2 Å². The lowest BCUT2D eigenvalue weighted by atomic mass is 9.87. The Kier molecular flexibility index (Phi) is 3.43. The number of nitrogens with one attached hydrogen (secondary N) is 1. The first-order chi connectivity index (χ1) is 7.66. The van der Waals surface area contributed by atoms with Crippen molar-refractivity contribution in [3.05, 3.63) is 11.2 Å². The number of hydrogen-bond acceptors (Lipinski definition) is 4. The van der Waals surface area contributed by atoms with Gasteiger partial charge in [0.2, 0.25) is 0 Å². The normalized spacial score (nSPS) is 25.3. The highest BCUT2D eigenvalue weighted by Crippen LogP contribution is 2.29. The average molecular weight is 240 g/mol. The van der Waals surface area contributed by atoms with E-state index in [1.165, 1.54) is 24.2 Å². The Morgan fingerprint density at radius 1 is 1.62 bits per heavy atom. The Bertz CT molecular complexity index is 378. The molecule has 0 radical (unpaired) electrons. The molecule has 0 aromatic carbocycles. The van der Waals surface area contributed by atoms with Gasteiger partial charge in [0.25, 0.3) is 0 Å². The third-order valence-corrected chi connectivity index (χ3v) is 3.80. The van der Waals surface area contributed by atoms with Gasteiger partial charge in [0.1, 0.15) is 5.00 Å². The van der Waals surface area contributed by atoms with Crippen LogP contribution in [-0.4, -0.2) is 22.1 Å². The van der Waals surface area contributed by atoms with Crippen LogP contribution in [0.2, 0.25) is 0 Å². The second kappa shape index (κ2) is 4.82. The van der Waals surface area contributed by atoms with E-state index in [0.717, 1.165) is 18.8 Å². The summed E-state index contributed by atoms with van der Waals surface area (Å²) < 4.78 is 0. The van der Waals surface area contributed by atoms with Crippen LogP contribution in [0, 0.1) is 5.92 Å². The van der Waals surface area contributed by atoms with Crippen LogP contribution >= 0.6 is 11.3 Å². The monoisotopic (exact) mass is 240 g/mol. The Balaban J connectivity index is 2.02.